The van der Waals surface area contributed by atoms with Crippen LogP contribution in [0.2, 0.25) is 0 Å². The van der Waals surface area contributed by atoms with Crippen molar-refractivity contribution in [1.82, 2.24) is 22.3 Å². The Morgan fingerprint density at radius 2 is 1.77 bits per heavy atom. The highest BCUT2D eigenvalue weighted by Crippen LogP contribution is 1.78. The van der Waals surface area contributed by atoms with Gasteiger partial charge in [0.2, 0.25) is 0 Å². The molecule has 0 bridgehead atoms. The van der Waals surface area contributed by atoms with Crippen molar-refractivity contribution in [1.29, 1.82) is 0 Å². The van der Waals surface area contributed by atoms with Crippen LogP contribution in [0.25, 0.3) is 0 Å². The number of rotatable bonds is 0. The molecule has 0 aliphatic rings. The molecule has 1 rings (SSSR count). The Hall–Kier alpha value is -1.00. The van der Waals surface area contributed by atoms with E-state index in [0.717, 1.165) is 5.82 Å². The van der Waals surface area contributed by atoms with E-state index in [0.29, 0.717) is 0 Å². The molecule has 9 N–H and O–H groups in total. The third-order valence-electron chi connectivity index (χ3n) is 0.635. The molecule has 1 heterocycles. The molecule has 0 aromatic carbocycles. The zero-order valence-corrected chi connectivity index (χ0v) is 8.46. The van der Waals surface area contributed by atoms with Crippen molar-refractivity contribution in [2.75, 3.05) is 0 Å². The van der Waals surface area contributed by atoms with Gasteiger partial charge in [-0.3, -0.25) is 8.42 Å². The Morgan fingerprint density at radius 3 is 1.85 bits per heavy atom. The van der Waals surface area contributed by atoms with Gasteiger partial charge in [0, 0.05) is 22.8 Å². The van der Waals surface area contributed by atoms with Gasteiger partial charge in [0.15, 0.2) is 0 Å². The molecular formula is C4H14N4O4S. The molecule has 0 amide bonds. The lowest BCUT2D eigenvalue weighted by Gasteiger charge is -2.06. The van der Waals surface area contributed by atoms with Crippen LogP contribution in [0, 0.1) is 6.92 Å². The lowest BCUT2D eigenvalue weighted by Crippen LogP contribution is -1.91. The van der Waals surface area contributed by atoms with Gasteiger partial charge in [-0.1, -0.05) is 0 Å². The number of H-pyrrole nitrogens is 1. The first kappa shape index (κ1) is 17.9. The molecule has 0 saturated carbocycles. The van der Waals surface area contributed by atoms with E-state index in [1.807, 2.05) is 6.92 Å². The van der Waals surface area contributed by atoms with Gasteiger partial charge in [-0.2, -0.15) is 0 Å². The molecule has 0 aliphatic heterocycles. The summed E-state index contributed by atoms with van der Waals surface area (Å²) in [5.41, 5.74) is 0. The largest absolute Gasteiger partial charge is 0.759 e. The van der Waals surface area contributed by atoms with Crippen LogP contribution in [0.3, 0.4) is 0 Å². The average Bonchev–Trinajstić information content (AvgIpc) is 2.12. The van der Waals surface area contributed by atoms with E-state index in [9.17, 15) is 0 Å². The summed E-state index contributed by atoms with van der Waals surface area (Å²) in [4.78, 5) is 6.75. The van der Waals surface area contributed by atoms with Crippen LogP contribution in [0.4, 0.5) is 0 Å². The lowest BCUT2D eigenvalue weighted by molar-refractivity contribution is 0.352. The SMILES string of the molecule is Cc1ncc[nH]1.O=S(=O)([O-])[O-].[NH4+].[NH4+]. The van der Waals surface area contributed by atoms with Crippen molar-refractivity contribution >= 4 is 10.4 Å². The second-order valence-electron chi connectivity index (χ2n) is 1.58. The second-order valence-corrected chi connectivity index (χ2v) is 2.40. The van der Waals surface area contributed by atoms with Crippen molar-refractivity contribution in [3.8, 4) is 0 Å². The summed E-state index contributed by atoms with van der Waals surface area (Å²) in [6, 6.07) is 0. The van der Waals surface area contributed by atoms with Gasteiger partial charge in [0.25, 0.3) is 0 Å². The predicted octanol–water partition coefficient (Wildman–Crippen LogP) is 0.133. The third-order valence-corrected chi connectivity index (χ3v) is 0.635. The Morgan fingerprint density at radius 1 is 1.38 bits per heavy atom. The van der Waals surface area contributed by atoms with E-state index < -0.39 is 10.4 Å². The summed E-state index contributed by atoms with van der Waals surface area (Å²) in [7, 11) is -5.17. The lowest BCUT2D eigenvalue weighted by atomic mass is 10.8. The van der Waals surface area contributed by atoms with E-state index in [4.69, 9.17) is 17.5 Å². The molecule has 0 unspecified atom stereocenters. The zero-order valence-electron chi connectivity index (χ0n) is 7.64. The number of nitrogens with one attached hydrogen (secondary N) is 1. The second kappa shape index (κ2) is 7.64. The molecule has 0 fully saturated rings. The maximum absolute atomic E-state index is 8.52. The van der Waals surface area contributed by atoms with Crippen molar-refractivity contribution in [2.24, 2.45) is 0 Å². The van der Waals surface area contributed by atoms with E-state index in [1.54, 1.807) is 12.4 Å². The van der Waals surface area contributed by atoms with Crippen molar-refractivity contribution in [2.45, 2.75) is 6.92 Å². The Labute approximate surface area is 76.1 Å². The van der Waals surface area contributed by atoms with E-state index in [2.05, 4.69) is 9.97 Å². The van der Waals surface area contributed by atoms with Crippen molar-refractivity contribution in [3.63, 3.8) is 0 Å². The number of aromatic nitrogens is 2. The van der Waals surface area contributed by atoms with Gasteiger partial charge < -0.3 is 26.4 Å². The van der Waals surface area contributed by atoms with Crippen LogP contribution in [0.5, 0.6) is 0 Å². The number of imidazole rings is 1. The minimum atomic E-state index is -5.17. The summed E-state index contributed by atoms with van der Waals surface area (Å²) in [6.45, 7) is 1.92. The number of aryl methyl sites for hydroxylation is 1. The normalized spacial score (nSPS) is 8.54. The average molecular weight is 214 g/mol. The molecule has 80 valence electrons. The Balaban J connectivity index is -0.000000136. The van der Waals surface area contributed by atoms with E-state index in [1.165, 1.54) is 0 Å². The molecule has 8 nitrogen and oxygen atoms in total. The molecule has 0 radical (unpaired) electrons. The number of hydrogen-bond acceptors (Lipinski definition) is 5. The highest BCUT2D eigenvalue weighted by Gasteiger charge is 1.73. The van der Waals surface area contributed by atoms with Gasteiger partial charge >= 0.3 is 0 Å². The van der Waals surface area contributed by atoms with Crippen LogP contribution >= 0.6 is 0 Å². The smallest absolute Gasteiger partial charge is 0.102 e. The number of nitrogens with zero attached hydrogens (tertiary/aromatic N) is 1. The fourth-order valence-corrected chi connectivity index (χ4v) is 0.344. The van der Waals surface area contributed by atoms with Gasteiger partial charge in [0.05, 0.1) is 0 Å². The number of quaternary nitrogens is 2. The maximum Gasteiger partial charge on any atom is 0.102 e. The Bertz CT molecular complexity index is 273. The molecule has 0 saturated heterocycles. The van der Waals surface area contributed by atoms with E-state index in [-0.39, 0.29) is 12.3 Å². The summed E-state index contributed by atoms with van der Waals surface area (Å²) in [5.74, 6) is 0.968. The standard InChI is InChI=1S/C4H6N2.2H3N.H2O4S/c1-4-5-2-3-6-4;;;1-5(2,3)4/h2-3H,1H3,(H,5,6);2*1H3;(H2,1,2,3,4). The summed E-state index contributed by atoms with van der Waals surface area (Å²) in [6.07, 6.45) is 3.53. The van der Waals surface area contributed by atoms with Gasteiger partial charge in [-0.15, -0.1) is 0 Å². The van der Waals surface area contributed by atoms with Crippen LogP contribution in [0.15, 0.2) is 12.4 Å². The molecule has 0 aliphatic carbocycles. The Kier molecular flexibility index (Phi) is 10.5. The zero-order chi connectivity index (χ0) is 8.91. The maximum atomic E-state index is 8.52. The van der Waals surface area contributed by atoms with Crippen LogP contribution in [-0.2, 0) is 10.4 Å². The quantitative estimate of drug-likeness (QED) is 0.409. The highest BCUT2D eigenvalue weighted by molar-refractivity contribution is 7.79. The molecule has 13 heavy (non-hydrogen) atoms. The fraction of sp³-hybridized carbons (Fsp3) is 0.250. The predicted molar refractivity (Wildman–Crippen MR) is 45.8 cm³/mol. The summed E-state index contributed by atoms with van der Waals surface area (Å²) in [5, 5.41) is 0. The number of aromatic amines is 1. The molecule has 1 aromatic heterocycles. The first-order valence-corrected chi connectivity index (χ1v) is 3.85. The molecule has 9 heteroatoms. The van der Waals surface area contributed by atoms with Crippen LogP contribution in [-0.4, -0.2) is 27.5 Å². The third kappa shape index (κ3) is 24.8. The number of hydrogen-bond donors (Lipinski definition) is 3. The van der Waals surface area contributed by atoms with Gasteiger partial charge in [-0.25, -0.2) is 4.98 Å². The first-order chi connectivity index (χ1) is 4.89. The van der Waals surface area contributed by atoms with Crippen LogP contribution in [0.1, 0.15) is 5.82 Å². The minimum absolute atomic E-state index is 0. The molecule has 1 aromatic rings. The fourth-order valence-electron chi connectivity index (χ4n) is 0.344. The summed E-state index contributed by atoms with van der Waals surface area (Å²) < 4.78 is 34.1. The topological polar surface area (TPSA) is 182 Å². The minimum Gasteiger partial charge on any atom is -0.759 e. The van der Waals surface area contributed by atoms with Gasteiger partial charge in [0.1, 0.15) is 5.82 Å². The van der Waals surface area contributed by atoms with E-state index >= 15 is 0 Å². The highest BCUT2D eigenvalue weighted by atomic mass is 32.3. The monoisotopic (exact) mass is 214 g/mol. The first-order valence-electron chi connectivity index (χ1n) is 2.52. The van der Waals surface area contributed by atoms with Gasteiger partial charge in [-0.05, 0) is 6.92 Å². The van der Waals surface area contributed by atoms with Crippen molar-refractivity contribution in [3.05, 3.63) is 18.2 Å². The van der Waals surface area contributed by atoms with Crippen LogP contribution < -0.4 is 12.3 Å². The molecule has 0 atom stereocenters. The summed E-state index contributed by atoms with van der Waals surface area (Å²) >= 11 is 0. The van der Waals surface area contributed by atoms with Crippen molar-refractivity contribution < 1.29 is 17.5 Å². The molecule has 0 spiro atoms. The molecular weight excluding hydrogens is 200 g/mol.